The second-order valence-corrected chi connectivity index (χ2v) is 34.6. The van der Waals surface area contributed by atoms with Crippen LogP contribution in [0.3, 0.4) is 0 Å². The van der Waals surface area contributed by atoms with Crippen LogP contribution in [-0.4, -0.2) is 171 Å². The number of thioether (sulfide) groups is 1. The highest BCUT2D eigenvalue weighted by molar-refractivity contribution is 7.98. The van der Waals surface area contributed by atoms with Crippen LogP contribution in [0.15, 0.2) is 217 Å². The first-order valence-electron chi connectivity index (χ1n) is 44.4. The minimum absolute atomic E-state index is 0.00263. The van der Waals surface area contributed by atoms with Gasteiger partial charge in [-0.3, -0.25) is 0 Å². The van der Waals surface area contributed by atoms with Gasteiger partial charge in [-0.05, 0) is 224 Å². The third-order valence-electron chi connectivity index (χ3n) is 24.5. The third kappa shape index (κ3) is 30.7. The molecular formula is C99H129F7N12O4S. The zero-order valence-electron chi connectivity index (χ0n) is 73.1. The molecule has 3 unspecified atom stereocenters. The fourth-order valence-corrected chi connectivity index (χ4v) is 17.5. The molecule has 3 atom stereocenters. The molecule has 664 valence electrons. The van der Waals surface area contributed by atoms with Gasteiger partial charge in [0.15, 0.2) is 0 Å². The Morgan fingerprint density at radius 1 is 0.382 bits per heavy atom. The summed E-state index contributed by atoms with van der Waals surface area (Å²) in [5.41, 5.74) is 5.24. The maximum absolute atomic E-state index is 13.9. The Kier molecular flexibility index (Phi) is 37.5. The summed E-state index contributed by atoms with van der Waals surface area (Å²) >= 11 is 1.69. The maximum atomic E-state index is 13.9. The lowest BCUT2D eigenvalue weighted by molar-refractivity contribution is -0.138. The molecule has 1 saturated carbocycles. The van der Waals surface area contributed by atoms with Crippen molar-refractivity contribution in [3.05, 3.63) is 257 Å². The van der Waals surface area contributed by atoms with Gasteiger partial charge in [0, 0.05) is 155 Å². The van der Waals surface area contributed by atoms with E-state index < -0.39 is 23.5 Å². The molecule has 0 aromatic heterocycles. The summed E-state index contributed by atoms with van der Waals surface area (Å²) in [5.74, 6) is 0.529. The van der Waals surface area contributed by atoms with Crippen molar-refractivity contribution in [3.8, 4) is 0 Å². The first kappa shape index (κ1) is 95.8. The quantitative estimate of drug-likeness (QED) is 0.0278. The van der Waals surface area contributed by atoms with Crippen LogP contribution in [0.5, 0.6) is 0 Å². The molecule has 4 aliphatic heterocycles. The average Bonchev–Trinajstić information content (AvgIpc) is 1.19. The van der Waals surface area contributed by atoms with Gasteiger partial charge in [-0.2, -0.15) is 26.3 Å². The van der Waals surface area contributed by atoms with Gasteiger partial charge in [0.2, 0.25) is 0 Å². The number of alkyl halides is 6. The standard InChI is InChI=1S/C25H32F3N3O.C25H34FN3O.C25H35N3OS.C24H28F3N3O/c1-3-7-19(2)30-16-14-23(15-17-30)31(18-20-8-5-4-6-9-20)24(32)29-22-12-10-21(11-13-22)25(26,27)28;1-4-8-20(3)28-15-13-23(14-16-28)29(18-21-9-6-5-7-10-21)25(30)27-22-12-11-19(2)24(26)17-22;1-4-9-20(2)27-16-14-23(15-17-27)28(19-21-10-6-5-7-11-21)25(29)26-22-12-8-13-24(18-22)30-3;25-24(26,27)20-7-4-8-21(15-20)28-23(31)30(17-18-5-2-1-3-6-18)22-11-13-29(14-12-22)16-19-9-10-19/h4-6,8-13,19,23H,3,7,14-18H2,1-2H3,(H,29,32);5-7,9-12,17,20,23H,4,8,13-16,18H2,1-3H3,(H,27,30);5-8,10-13,18,20,23H,4,9,14-17,19H2,1-3H3,(H,26,29);1-8,15,19,22H,9-14,16-17H2,(H,28,31). The number of benzene rings is 8. The molecule has 4 N–H and O–H groups in total. The topological polar surface area (TPSA) is 142 Å². The Labute approximate surface area is 730 Å². The number of rotatable bonds is 28. The van der Waals surface area contributed by atoms with Crippen molar-refractivity contribution < 1.29 is 49.9 Å². The number of anilines is 4. The number of nitrogens with zero attached hydrogens (tertiary/aromatic N) is 8. The zero-order valence-corrected chi connectivity index (χ0v) is 73.9. The first-order chi connectivity index (χ1) is 59.2. The Balaban J connectivity index is 0.000000172. The van der Waals surface area contributed by atoms with Gasteiger partial charge in [-0.1, -0.05) is 180 Å². The van der Waals surface area contributed by atoms with Crippen LogP contribution in [0.2, 0.25) is 0 Å². The molecule has 5 aliphatic rings. The number of hydrogen-bond donors (Lipinski definition) is 4. The minimum Gasteiger partial charge on any atom is -0.317 e. The SMILES string of the molecule is CCCC(C)N1CCC(N(Cc2ccccc2)C(=O)Nc2ccc(C(F)(F)F)cc2)CC1.CCCC(C)N1CCC(N(Cc2ccccc2)C(=O)Nc2ccc(C)c(F)c2)CC1.CCCC(C)N1CCC(N(Cc2ccccc2)C(=O)Nc2cccc(SC)c2)CC1.O=C(Nc1cccc(C(F)(F)F)c1)N(Cc1ccccc1)C1CCN(CC2CC2)CC1. The van der Waals surface area contributed by atoms with Crippen LogP contribution in [0.25, 0.3) is 0 Å². The van der Waals surface area contributed by atoms with Crippen molar-refractivity contribution >= 4 is 58.6 Å². The van der Waals surface area contributed by atoms with Crippen LogP contribution in [0.4, 0.5) is 72.7 Å². The van der Waals surface area contributed by atoms with Crippen molar-refractivity contribution in [1.29, 1.82) is 0 Å². The summed E-state index contributed by atoms with van der Waals surface area (Å²) in [6.07, 6.45) is 10.5. The number of hydrogen-bond acceptors (Lipinski definition) is 9. The van der Waals surface area contributed by atoms with E-state index in [-0.39, 0.29) is 59.8 Å². The minimum atomic E-state index is -4.45. The van der Waals surface area contributed by atoms with E-state index in [0.29, 0.717) is 61.2 Å². The number of halogens is 7. The van der Waals surface area contributed by atoms with Gasteiger partial charge in [0.25, 0.3) is 0 Å². The molecule has 8 aromatic rings. The van der Waals surface area contributed by atoms with E-state index in [0.717, 1.165) is 181 Å². The summed E-state index contributed by atoms with van der Waals surface area (Å²) in [7, 11) is 0. The fraction of sp³-hybridized carbons (Fsp3) is 0.475. The highest BCUT2D eigenvalue weighted by atomic mass is 32.2. The molecule has 8 amide bonds. The highest BCUT2D eigenvalue weighted by Crippen LogP contribution is 2.36. The second-order valence-electron chi connectivity index (χ2n) is 33.7. The number of amides is 8. The predicted octanol–water partition coefficient (Wildman–Crippen LogP) is 23.9. The molecule has 123 heavy (non-hydrogen) atoms. The van der Waals surface area contributed by atoms with Gasteiger partial charge < -0.3 is 60.5 Å². The van der Waals surface area contributed by atoms with E-state index in [1.54, 1.807) is 35.7 Å². The van der Waals surface area contributed by atoms with Crippen LogP contribution >= 0.6 is 11.8 Å². The molecule has 4 heterocycles. The number of likely N-dealkylation sites (tertiary alicyclic amines) is 4. The molecule has 13 rings (SSSR count). The van der Waals surface area contributed by atoms with Gasteiger partial charge in [-0.15, -0.1) is 11.8 Å². The van der Waals surface area contributed by atoms with E-state index >= 15 is 0 Å². The summed E-state index contributed by atoms with van der Waals surface area (Å²) in [5, 5.41) is 11.6. The zero-order chi connectivity index (χ0) is 87.8. The largest absolute Gasteiger partial charge is 0.416 e. The second kappa shape index (κ2) is 48.1. The molecule has 5 fully saturated rings. The average molecular weight is 1720 g/mol. The van der Waals surface area contributed by atoms with Gasteiger partial charge in [0.1, 0.15) is 5.82 Å². The lowest BCUT2D eigenvalue weighted by Crippen LogP contribution is -2.50. The molecule has 1 aliphatic carbocycles. The number of carbonyl (C=O) groups is 4. The number of aryl methyl sites for hydroxylation is 1. The predicted molar refractivity (Wildman–Crippen MR) is 485 cm³/mol. The summed E-state index contributed by atoms with van der Waals surface area (Å²) < 4.78 is 91.6. The summed E-state index contributed by atoms with van der Waals surface area (Å²) in [6.45, 7) is 26.4. The third-order valence-corrected chi connectivity index (χ3v) is 25.2. The van der Waals surface area contributed by atoms with Crippen molar-refractivity contribution in [2.24, 2.45) is 5.92 Å². The van der Waals surface area contributed by atoms with Crippen LogP contribution in [-0.2, 0) is 38.5 Å². The monoisotopic (exact) mass is 1710 g/mol. The van der Waals surface area contributed by atoms with Gasteiger partial charge in [-0.25, -0.2) is 23.6 Å². The smallest absolute Gasteiger partial charge is 0.317 e. The molecule has 8 aromatic carbocycles. The number of carbonyl (C=O) groups excluding carboxylic acids is 4. The summed E-state index contributed by atoms with van der Waals surface area (Å²) in [4.78, 5) is 71.7. The number of piperidine rings is 4. The van der Waals surface area contributed by atoms with Crippen molar-refractivity contribution in [3.63, 3.8) is 0 Å². The van der Waals surface area contributed by atoms with Gasteiger partial charge in [0.05, 0.1) is 11.1 Å². The Hall–Kier alpha value is -9.46. The summed E-state index contributed by atoms with van der Waals surface area (Å²) in [6, 6.07) is 63.7. The van der Waals surface area contributed by atoms with E-state index in [1.807, 2.05) is 142 Å². The Morgan fingerprint density at radius 3 is 1.02 bits per heavy atom. The number of urea groups is 4. The van der Waals surface area contributed by atoms with Gasteiger partial charge >= 0.3 is 36.5 Å². The highest BCUT2D eigenvalue weighted by Gasteiger charge is 2.37. The Bertz CT molecular complexity index is 4470. The van der Waals surface area contributed by atoms with Crippen LogP contribution < -0.4 is 21.3 Å². The Morgan fingerprint density at radius 2 is 0.699 bits per heavy atom. The normalized spacial score (nSPS) is 16.8. The number of nitrogens with one attached hydrogen (secondary N) is 4. The van der Waals surface area contributed by atoms with E-state index in [2.05, 4.69) is 107 Å². The first-order valence-corrected chi connectivity index (χ1v) is 45.6. The lowest BCUT2D eigenvalue weighted by Gasteiger charge is -2.40. The van der Waals surface area contributed by atoms with E-state index in [4.69, 9.17) is 0 Å². The molecule has 0 spiro atoms. The fourth-order valence-electron chi connectivity index (χ4n) is 17.1. The molecule has 16 nitrogen and oxygen atoms in total. The van der Waals surface area contributed by atoms with E-state index in [9.17, 15) is 49.9 Å². The molecule has 0 radical (unpaired) electrons. The van der Waals surface area contributed by atoms with Crippen LogP contribution in [0.1, 0.15) is 183 Å². The van der Waals surface area contributed by atoms with Crippen LogP contribution in [0, 0.1) is 18.7 Å². The van der Waals surface area contributed by atoms with Crippen molar-refractivity contribution in [2.75, 3.05) is 86.4 Å². The van der Waals surface area contributed by atoms with E-state index in [1.165, 1.54) is 74.4 Å². The van der Waals surface area contributed by atoms with Crippen molar-refractivity contribution in [2.45, 2.75) is 237 Å². The molecule has 24 heteroatoms. The van der Waals surface area contributed by atoms with Crippen molar-refractivity contribution in [1.82, 2.24) is 39.2 Å². The molecule has 0 bridgehead atoms. The molecule has 4 saturated heterocycles. The molecular weight excluding hydrogens is 1590 g/mol. The lowest BCUT2D eigenvalue weighted by atomic mass is 10.00. The maximum Gasteiger partial charge on any atom is 0.416 e.